The molecule has 0 amide bonds. The Morgan fingerprint density at radius 3 is 1.77 bits per heavy atom. The maximum absolute atomic E-state index is 12.6. The summed E-state index contributed by atoms with van der Waals surface area (Å²) in [5.74, 6) is -4.08. The Hall–Kier alpha value is -2.07. The smallest absolute Gasteiger partial charge is 0.256 e. The van der Waals surface area contributed by atoms with E-state index in [1.54, 1.807) is 0 Å². The molecule has 0 rings (SSSR count). The van der Waals surface area contributed by atoms with Gasteiger partial charge in [0.1, 0.15) is 9.85 Å². The molecule has 0 aromatic rings. The molecular weight excluding hydrogens is 195 g/mol. The number of rotatable bonds is 5. The molecule has 0 atom stereocenters. The van der Waals surface area contributed by atoms with Crippen molar-refractivity contribution in [1.82, 2.24) is 5.43 Å². The first kappa shape index (κ1) is 10.9. The van der Waals surface area contributed by atoms with Crippen molar-refractivity contribution in [1.29, 1.82) is 0 Å². The Morgan fingerprint density at radius 2 is 1.54 bits per heavy atom. The second-order valence-corrected chi connectivity index (χ2v) is 1.83. The predicted octanol–water partition coefficient (Wildman–Crippen LogP) is -1.06. The molecule has 0 aromatic carbocycles. The fraction of sp³-hybridized carbons (Fsp3) is 1.00. The van der Waals surface area contributed by atoms with Crippen molar-refractivity contribution in [2.45, 2.75) is 5.92 Å². The first-order valence-corrected chi connectivity index (χ1v) is 2.66. The van der Waals surface area contributed by atoms with Crippen LogP contribution in [0.5, 0.6) is 0 Å². The van der Waals surface area contributed by atoms with Crippen LogP contribution < -0.4 is 5.43 Å². The van der Waals surface area contributed by atoms with E-state index in [9.17, 15) is 34.7 Å². The van der Waals surface area contributed by atoms with Gasteiger partial charge in [0.05, 0.1) is 0 Å². The fourth-order valence-corrected chi connectivity index (χ4v) is 0.361. The second kappa shape index (κ2) is 3.55. The molecule has 0 aliphatic rings. The van der Waals surface area contributed by atoms with Crippen LogP contribution in [0.2, 0.25) is 0 Å². The summed E-state index contributed by atoms with van der Waals surface area (Å²) >= 11 is 0. The lowest BCUT2D eigenvalue weighted by Gasteiger charge is -2.04. The van der Waals surface area contributed by atoms with Crippen LogP contribution >= 0.6 is 0 Å². The summed E-state index contributed by atoms with van der Waals surface area (Å²) in [6.07, 6.45) is 0. The first-order chi connectivity index (χ1) is 5.80. The van der Waals surface area contributed by atoms with Gasteiger partial charge in [-0.05, 0) is 0 Å². The zero-order valence-corrected chi connectivity index (χ0v) is 5.88. The summed E-state index contributed by atoms with van der Waals surface area (Å²) < 4.78 is 12.6. The summed E-state index contributed by atoms with van der Waals surface area (Å²) in [6, 6.07) is 0. The number of alkyl halides is 1. The van der Waals surface area contributed by atoms with Gasteiger partial charge < -0.3 is 0 Å². The first-order valence-electron chi connectivity index (χ1n) is 2.66. The van der Waals surface area contributed by atoms with Gasteiger partial charge in [0.15, 0.2) is 5.03 Å². The van der Waals surface area contributed by atoms with Crippen molar-refractivity contribution in [2.24, 2.45) is 0 Å². The summed E-state index contributed by atoms with van der Waals surface area (Å²) in [6.45, 7) is -1.64. The molecule has 0 aliphatic carbocycles. The number of hydrazine groups is 1. The molecule has 0 aliphatic heterocycles. The van der Waals surface area contributed by atoms with Crippen LogP contribution in [-0.2, 0) is 0 Å². The molecular formula is C2H3FN4O6. The highest BCUT2D eigenvalue weighted by Crippen LogP contribution is 2.10. The average Bonchev–Trinajstić information content (AvgIpc) is 1.99. The molecule has 0 saturated heterocycles. The monoisotopic (exact) mass is 198 g/mol. The number of nitrogens with one attached hydrogen (secondary N) is 1. The Bertz CT molecular complexity index is 239. The Kier molecular flexibility index (Phi) is 2.99. The van der Waals surface area contributed by atoms with Gasteiger partial charge in [-0.1, -0.05) is 4.39 Å². The van der Waals surface area contributed by atoms with Crippen LogP contribution in [0.25, 0.3) is 0 Å². The predicted molar refractivity (Wildman–Crippen MR) is 32.8 cm³/mol. The molecule has 0 fully saturated rings. The van der Waals surface area contributed by atoms with E-state index in [-0.39, 0.29) is 0 Å². The highest BCUT2D eigenvalue weighted by Gasteiger charge is 2.59. The van der Waals surface area contributed by atoms with Gasteiger partial charge in [-0.25, -0.2) is 10.1 Å². The van der Waals surface area contributed by atoms with Crippen molar-refractivity contribution < 1.29 is 19.3 Å². The number of halogens is 1. The molecule has 10 nitrogen and oxygen atoms in total. The van der Waals surface area contributed by atoms with Crippen LogP contribution in [0.15, 0.2) is 0 Å². The van der Waals surface area contributed by atoms with E-state index in [4.69, 9.17) is 0 Å². The second-order valence-electron chi connectivity index (χ2n) is 1.83. The molecule has 0 radical (unpaired) electrons. The lowest BCUT2D eigenvalue weighted by atomic mass is 10.5. The lowest BCUT2D eigenvalue weighted by Crippen LogP contribution is -2.51. The zero-order chi connectivity index (χ0) is 10.6. The zero-order valence-electron chi connectivity index (χ0n) is 5.88. The number of nitro groups is 3. The van der Waals surface area contributed by atoms with E-state index in [0.717, 1.165) is 5.43 Å². The van der Waals surface area contributed by atoms with Crippen LogP contribution in [0.1, 0.15) is 0 Å². The third-order valence-corrected chi connectivity index (χ3v) is 0.993. The van der Waals surface area contributed by atoms with Gasteiger partial charge in [-0.2, -0.15) is 0 Å². The van der Waals surface area contributed by atoms with Crippen LogP contribution in [0.4, 0.5) is 4.39 Å². The molecule has 0 spiro atoms. The molecule has 1 N–H and O–H groups in total. The SMILES string of the molecule is O=[N+]([O-])NCC(F)([N+](=O)[O-])[N+](=O)[O-]. The maximum Gasteiger partial charge on any atom is 0.637 e. The van der Waals surface area contributed by atoms with Crippen LogP contribution in [0, 0.1) is 30.3 Å². The summed E-state index contributed by atoms with van der Waals surface area (Å²) in [5, 5.41) is 27.9. The topological polar surface area (TPSA) is 141 Å². The molecule has 0 heterocycles. The minimum atomic E-state index is -4.08. The summed E-state index contributed by atoms with van der Waals surface area (Å²) in [7, 11) is 0. The van der Waals surface area contributed by atoms with Gasteiger partial charge >= 0.3 is 5.92 Å². The minimum absolute atomic E-state index is 1.01. The third kappa shape index (κ3) is 2.46. The van der Waals surface area contributed by atoms with Crippen molar-refractivity contribution in [2.75, 3.05) is 6.54 Å². The van der Waals surface area contributed by atoms with Crippen molar-refractivity contribution in [3.8, 4) is 0 Å². The van der Waals surface area contributed by atoms with E-state index in [1.165, 1.54) is 0 Å². The molecule has 0 aromatic heterocycles. The summed E-state index contributed by atoms with van der Waals surface area (Å²) in [5.41, 5.74) is 1.01. The third-order valence-electron chi connectivity index (χ3n) is 0.993. The van der Waals surface area contributed by atoms with Crippen molar-refractivity contribution in [3.05, 3.63) is 30.3 Å². The van der Waals surface area contributed by atoms with Gasteiger partial charge in [0, 0.05) is 0 Å². The molecule has 0 saturated carbocycles. The molecule has 13 heavy (non-hydrogen) atoms. The normalized spacial score (nSPS) is 10.5. The van der Waals surface area contributed by atoms with E-state index in [2.05, 4.69) is 0 Å². The number of hydrogen-bond acceptors (Lipinski definition) is 6. The largest absolute Gasteiger partial charge is 0.637 e. The highest BCUT2D eigenvalue weighted by molar-refractivity contribution is 4.51. The van der Waals surface area contributed by atoms with E-state index in [0.29, 0.717) is 0 Å². The van der Waals surface area contributed by atoms with Gasteiger partial charge in [-0.15, -0.1) is 5.43 Å². The van der Waals surface area contributed by atoms with Gasteiger partial charge in [0.2, 0.25) is 0 Å². The quantitative estimate of drug-likeness (QED) is 0.257. The Labute approximate surface area is 68.7 Å². The minimum Gasteiger partial charge on any atom is -0.256 e. The Balaban J connectivity index is 4.52. The van der Waals surface area contributed by atoms with Crippen LogP contribution in [0.3, 0.4) is 0 Å². The Morgan fingerprint density at radius 1 is 1.15 bits per heavy atom. The van der Waals surface area contributed by atoms with Crippen molar-refractivity contribution in [3.63, 3.8) is 0 Å². The van der Waals surface area contributed by atoms with Crippen LogP contribution in [-0.4, -0.2) is 27.3 Å². The standard InChI is InChI=1S/C2H3FN4O6/c3-2(5(8)9,6(10)11)1-4-7(12)13/h4H,1H2. The number of hydrogen-bond donors (Lipinski definition) is 1. The molecule has 0 unspecified atom stereocenters. The lowest BCUT2D eigenvalue weighted by molar-refractivity contribution is -0.832. The molecule has 74 valence electrons. The average molecular weight is 198 g/mol. The van der Waals surface area contributed by atoms with Gasteiger partial charge in [-0.3, -0.25) is 20.2 Å². The highest BCUT2D eigenvalue weighted by atomic mass is 19.2. The van der Waals surface area contributed by atoms with Crippen molar-refractivity contribution >= 4 is 0 Å². The van der Waals surface area contributed by atoms with E-state index in [1.807, 2.05) is 0 Å². The number of nitrogens with zero attached hydrogens (tertiary/aromatic N) is 3. The fourth-order valence-electron chi connectivity index (χ4n) is 0.361. The molecule has 0 bridgehead atoms. The van der Waals surface area contributed by atoms with E-state index >= 15 is 0 Å². The maximum atomic E-state index is 12.6. The summed E-state index contributed by atoms with van der Waals surface area (Å²) in [4.78, 5) is 25.5. The molecule has 11 heteroatoms. The van der Waals surface area contributed by atoms with E-state index < -0.39 is 27.3 Å². The van der Waals surface area contributed by atoms with Gasteiger partial charge in [0.25, 0.3) is 6.54 Å².